The summed E-state index contributed by atoms with van der Waals surface area (Å²) in [6, 6.07) is 15.7. The number of hydrogen-bond donors (Lipinski definition) is 1. The van der Waals surface area contributed by atoms with Crippen molar-refractivity contribution in [1.82, 2.24) is 0 Å². The van der Waals surface area contributed by atoms with Crippen molar-refractivity contribution in [2.45, 2.75) is 12.5 Å². The summed E-state index contributed by atoms with van der Waals surface area (Å²) in [7, 11) is 0. The minimum Gasteiger partial charge on any atom is -0.494 e. The van der Waals surface area contributed by atoms with Crippen LogP contribution in [-0.2, 0) is 0 Å². The van der Waals surface area contributed by atoms with E-state index in [1.165, 1.54) is 12.1 Å². The molecule has 0 bridgehead atoms. The van der Waals surface area contributed by atoms with Crippen molar-refractivity contribution in [2.75, 3.05) is 6.61 Å². The average Bonchev–Trinajstić information content (AvgIpc) is 2.40. The highest BCUT2D eigenvalue weighted by atomic mass is 35.5. The Morgan fingerprint density at radius 2 is 1.63 bits per heavy atom. The topological polar surface area (TPSA) is 35.2 Å². The number of hydrogen-bond acceptors (Lipinski definition) is 2. The van der Waals surface area contributed by atoms with Crippen molar-refractivity contribution < 1.29 is 9.13 Å². The zero-order valence-electron chi connectivity index (χ0n) is 10.5. The minimum absolute atomic E-state index is 0. The second kappa shape index (κ2) is 7.77. The molecule has 0 amide bonds. The van der Waals surface area contributed by atoms with Gasteiger partial charge in [-0.2, -0.15) is 0 Å². The molecular weight excluding hydrogens is 265 g/mol. The van der Waals surface area contributed by atoms with Gasteiger partial charge < -0.3 is 10.5 Å². The van der Waals surface area contributed by atoms with E-state index in [0.717, 1.165) is 11.3 Å². The van der Waals surface area contributed by atoms with Gasteiger partial charge in [0.2, 0.25) is 0 Å². The normalized spacial score (nSPS) is 11.5. The maximum atomic E-state index is 12.8. The summed E-state index contributed by atoms with van der Waals surface area (Å²) in [4.78, 5) is 0. The lowest BCUT2D eigenvalue weighted by Crippen LogP contribution is -2.14. The summed E-state index contributed by atoms with van der Waals surface area (Å²) in [5.74, 6) is 0.593. The third-order valence-electron chi connectivity index (χ3n) is 2.74. The molecule has 2 rings (SSSR count). The number of ether oxygens (including phenoxy) is 1. The van der Waals surface area contributed by atoms with E-state index in [1.54, 1.807) is 12.1 Å². The van der Waals surface area contributed by atoms with Gasteiger partial charge in [0.1, 0.15) is 11.6 Å². The molecule has 19 heavy (non-hydrogen) atoms. The van der Waals surface area contributed by atoms with Crippen LogP contribution in [0, 0.1) is 5.82 Å². The lowest BCUT2D eigenvalue weighted by molar-refractivity contribution is 0.298. The van der Waals surface area contributed by atoms with E-state index < -0.39 is 0 Å². The molecule has 0 spiro atoms. The monoisotopic (exact) mass is 281 g/mol. The Labute approximate surface area is 118 Å². The van der Waals surface area contributed by atoms with Crippen molar-refractivity contribution in [2.24, 2.45) is 5.73 Å². The molecule has 4 heteroatoms. The SMILES string of the molecule is Cl.NC(CCOc1ccccc1)c1ccc(F)cc1. The largest absolute Gasteiger partial charge is 0.494 e. The lowest BCUT2D eigenvalue weighted by atomic mass is 10.1. The molecule has 0 saturated carbocycles. The van der Waals surface area contributed by atoms with Crippen LogP contribution >= 0.6 is 12.4 Å². The second-order valence-electron chi connectivity index (χ2n) is 4.11. The zero-order valence-corrected chi connectivity index (χ0v) is 11.3. The number of halogens is 2. The van der Waals surface area contributed by atoms with Crippen molar-refractivity contribution in [3.8, 4) is 5.75 Å². The Hall–Kier alpha value is -1.58. The van der Waals surface area contributed by atoms with Crippen molar-refractivity contribution in [3.05, 3.63) is 66.0 Å². The molecule has 2 N–H and O–H groups in total. The van der Waals surface area contributed by atoms with Crippen LogP contribution in [0.4, 0.5) is 4.39 Å². The highest BCUT2D eigenvalue weighted by Gasteiger charge is 2.06. The molecule has 0 aliphatic rings. The van der Waals surface area contributed by atoms with Gasteiger partial charge in [-0.15, -0.1) is 12.4 Å². The zero-order chi connectivity index (χ0) is 12.8. The van der Waals surface area contributed by atoms with Crippen LogP contribution < -0.4 is 10.5 Å². The molecule has 2 aromatic carbocycles. The van der Waals surface area contributed by atoms with E-state index in [-0.39, 0.29) is 24.3 Å². The van der Waals surface area contributed by atoms with E-state index in [4.69, 9.17) is 10.5 Å². The van der Waals surface area contributed by atoms with Gasteiger partial charge in [-0.05, 0) is 29.8 Å². The smallest absolute Gasteiger partial charge is 0.123 e. The average molecular weight is 282 g/mol. The van der Waals surface area contributed by atoms with Crippen LogP contribution in [0.1, 0.15) is 18.0 Å². The van der Waals surface area contributed by atoms with Crippen molar-refractivity contribution >= 4 is 12.4 Å². The fraction of sp³-hybridized carbons (Fsp3) is 0.200. The van der Waals surface area contributed by atoms with E-state index in [2.05, 4.69) is 0 Å². The first-order valence-corrected chi connectivity index (χ1v) is 5.94. The maximum absolute atomic E-state index is 12.8. The van der Waals surface area contributed by atoms with Gasteiger partial charge in [-0.3, -0.25) is 0 Å². The lowest BCUT2D eigenvalue weighted by Gasteiger charge is -2.12. The van der Waals surface area contributed by atoms with E-state index in [9.17, 15) is 4.39 Å². The summed E-state index contributed by atoms with van der Waals surface area (Å²) in [6.45, 7) is 0.544. The van der Waals surface area contributed by atoms with Crippen LogP contribution in [0.5, 0.6) is 5.75 Å². The molecule has 1 unspecified atom stereocenters. The van der Waals surface area contributed by atoms with Crippen molar-refractivity contribution in [3.63, 3.8) is 0 Å². The highest BCUT2D eigenvalue weighted by molar-refractivity contribution is 5.85. The van der Waals surface area contributed by atoms with Gasteiger partial charge in [0.15, 0.2) is 0 Å². The fourth-order valence-corrected chi connectivity index (χ4v) is 1.70. The molecule has 0 fully saturated rings. The fourth-order valence-electron chi connectivity index (χ4n) is 1.70. The van der Waals surface area contributed by atoms with E-state index in [0.29, 0.717) is 13.0 Å². The van der Waals surface area contributed by atoms with Crippen molar-refractivity contribution in [1.29, 1.82) is 0 Å². The molecule has 0 aromatic heterocycles. The summed E-state index contributed by atoms with van der Waals surface area (Å²) in [5, 5.41) is 0. The first kappa shape index (κ1) is 15.5. The number of nitrogens with two attached hydrogens (primary N) is 1. The Balaban J connectivity index is 0.00000180. The molecule has 2 nitrogen and oxygen atoms in total. The van der Waals surface area contributed by atoms with E-state index >= 15 is 0 Å². The highest BCUT2D eigenvalue weighted by Crippen LogP contribution is 2.16. The van der Waals surface area contributed by atoms with Gasteiger partial charge in [0.05, 0.1) is 6.61 Å². The summed E-state index contributed by atoms with van der Waals surface area (Å²) >= 11 is 0. The standard InChI is InChI=1S/C15H16FNO.ClH/c16-13-8-6-12(7-9-13)15(17)10-11-18-14-4-2-1-3-5-14;/h1-9,15H,10-11,17H2;1H. The van der Waals surface area contributed by atoms with E-state index in [1.807, 2.05) is 30.3 Å². The van der Waals surface area contributed by atoms with Crippen LogP contribution in [0.2, 0.25) is 0 Å². The quantitative estimate of drug-likeness (QED) is 0.907. The Bertz CT molecular complexity index is 475. The Morgan fingerprint density at radius 3 is 2.26 bits per heavy atom. The molecule has 0 aliphatic carbocycles. The minimum atomic E-state index is -0.244. The van der Waals surface area contributed by atoms with Crippen LogP contribution in [0.3, 0.4) is 0 Å². The molecule has 0 saturated heterocycles. The maximum Gasteiger partial charge on any atom is 0.123 e. The van der Waals surface area contributed by atoms with Gasteiger partial charge in [-0.25, -0.2) is 4.39 Å². The molecule has 0 aliphatic heterocycles. The first-order chi connectivity index (χ1) is 8.75. The third-order valence-corrected chi connectivity index (χ3v) is 2.74. The predicted octanol–water partition coefficient (Wildman–Crippen LogP) is 3.72. The number of rotatable bonds is 5. The van der Waals surface area contributed by atoms with Crippen LogP contribution in [0.15, 0.2) is 54.6 Å². The Kier molecular flexibility index (Phi) is 6.33. The predicted molar refractivity (Wildman–Crippen MR) is 77.1 cm³/mol. The molecule has 2 aromatic rings. The van der Waals surface area contributed by atoms with Gasteiger partial charge in [0.25, 0.3) is 0 Å². The molecule has 1 atom stereocenters. The van der Waals surface area contributed by atoms with Gasteiger partial charge in [-0.1, -0.05) is 30.3 Å². The Morgan fingerprint density at radius 1 is 1.00 bits per heavy atom. The molecule has 0 heterocycles. The molecule has 102 valence electrons. The van der Waals surface area contributed by atoms with Gasteiger partial charge >= 0.3 is 0 Å². The number of benzene rings is 2. The third kappa shape index (κ3) is 4.89. The summed E-state index contributed by atoms with van der Waals surface area (Å²) < 4.78 is 18.3. The number of para-hydroxylation sites is 1. The molecular formula is C15H17ClFNO. The van der Waals surface area contributed by atoms with Crippen LogP contribution in [-0.4, -0.2) is 6.61 Å². The van der Waals surface area contributed by atoms with Crippen LogP contribution in [0.25, 0.3) is 0 Å². The first-order valence-electron chi connectivity index (χ1n) is 5.94. The molecule has 0 radical (unpaired) electrons. The summed E-state index contributed by atoms with van der Waals surface area (Å²) in [5.41, 5.74) is 6.93. The summed E-state index contributed by atoms with van der Waals surface area (Å²) in [6.07, 6.45) is 0.695. The van der Waals surface area contributed by atoms with Gasteiger partial charge in [0, 0.05) is 12.5 Å². The second-order valence-corrected chi connectivity index (χ2v) is 4.11.